The molecule has 0 unspecified atom stereocenters. The predicted molar refractivity (Wildman–Crippen MR) is 109 cm³/mol. The number of halogens is 1. The number of hydrogen-bond acceptors (Lipinski definition) is 4. The van der Waals surface area contributed by atoms with Gasteiger partial charge in [-0.1, -0.05) is 6.07 Å². The Morgan fingerprint density at radius 1 is 1.08 bits per heavy atom. The Hall–Kier alpha value is -1.22. The summed E-state index contributed by atoms with van der Waals surface area (Å²) in [6.45, 7) is 5.15. The third-order valence-electron chi connectivity index (χ3n) is 3.34. The van der Waals surface area contributed by atoms with Crippen molar-refractivity contribution in [2.24, 2.45) is 4.99 Å². The zero-order valence-electron chi connectivity index (χ0n) is 15.1. The lowest BCUT2D eigenvalue weighted by atomic mass is 10.2. The van der Waals surface area contributed by atoms with Crippen molar-refractivity contribution in [2.45, 2.75) is 26.3 Å². The molecule has 1 aromatic carbocycles. The van der Waals surface area contributed by atoms with Crippen LogP contribution in [-0.4, -0.2) is 47.0 Å². The first-order valence-corrected chi connectivity index (χ1v) is 7.98. The Morgan fingerprint density at radius 2 is 1.83 bits per heavy atom. The summed E-state index contributed by atoms with van der Waals surface area (Å²) in [7, 11) is 5.04. The Morgan fingerprint density at radius 3 is 2.46 bits per heavy atom. The van der Waals surface area contributed by atoms with Crippen molar-refractivity contribution in [1.82, 2.24) is 10.6 Å². The molecule has 0 heterocycles. The minimum absolute atomic E-state index is 0. The van der Waals surface area contributed by atoms with E-state index in [0.29, 0.717) is 6.54 Å². The molecule has 0 aliphatic carbocycles. The van der Waals surface area contributed by atoms with E-state index >= 15 is 0 Å². The largest absolute Gasteiger partial charge is 0.493 e. The zero-order valence-corrected chi connectivity index (χ0v) is 17.4. The number of hydrogen-bond donors (Lipinski definition) is 2. The van der Waals surface area contributed by atoms with Gasteiger partial charge in [-0.3, -0.25) is 4.99 Å². The molecule has 0 saturated heterocycles. The molecule has 0 fully saturated rings. The summed E-state index contributed by atoms with van der Waals surface area (Å²) in [5, 5.41) is 6.58. The van der Waals surface area contributed by atoms with Gasteiger partial charge in [0.15, 0.2) is 17.5 Å². The lowest BCUT2D eigenvalue weighted by Gasteiger charge is -2.13. The number of unbranched alkanes of at least 4 members (excludes halogenated alkanes) is 1. The number of ether oxygens (including phenoxy) is 3. The average Bonchev–Trinajstić information content (AvgIpc) is 2.60. The van der Waals surface area contributed by atoms with E-state index in [-0.39, 0.29) is 24.0 Å². The number of guanidine groups is 1. The summed E-state index contributed by atoms with van der Waals surface area (Å²) >= 11 is 0. The molecule has 0 atom stereocenters. The maximum Gasteiger partial charge on any atom is 0.191 e. The summed E-state index contributed by atoms with van der Waals surface area (Å²) in [6.07, 6.45) is 2.10. The summed E-state index contributed by atoms with van der Waals surface area (Å²) in [5.74, 6) is 2.25. The number of rotatable bonds is 10. The molecule has 0 aliphatic rings. The van der Waals surface area contributed by atoms with E-state index in [0.717, 1.165) is 55.6 Å². The molecule has 6 nitrogen and oxygen atoms in total. The molecular formula is C17H30IN3O3. The first kappa shape index (κ1) is 22.8. The van der Waals surface area contributed by atoms with Crippen LogP contribution in [0.2, 0.25) is 0 Å². The highest BCUT2D eigenvalue weighted by Gasteiger charge is 2.05. The fourth-order valence-corrected chi connectivity index (χ4v) is 2.08. The van der Waals surface area contributed by atoms with Crippen molar-refractivity contribution in [3.8, 4) is 11.5 Å². The fourth-order valence-electron chi connectivity index (χ4n) is 2.08. The van der Waals surface area contributed by atoms with E-state index in [4.69, 9.17) is 14.2 Å². The summed E-state index contributed by atoms with van der Waals surface area (Å²) in [4.78, 5) is 4.22. The normalized spacial score (nSPS) is 10.8. The van der Waals surface area contributed by atoms with Crippen molar-refractivity contribution in [2.75, 3.05) is 41.0 Å². The van der Waals surface area contributed by atoms with Crippen molar-refractivity contribution in [1.29, 1.82) is 0 Å². The van der Waals surface area contributed by atoms with E-state index in [1.165, 1.54) is 0 Å². The molecule has 24 heavy (non-hydrogen) atoms. The van der Waals surface area contributed by atoms with Crippen molar-refractivity contribution >= 4 is 29.9 Å². The fraction of sp³-hybridized carbons (Fsp3) is 0.588. The molecule has 0 amide bonds. The van der Waals surface area contributed by atoms with Crippen LogP contribution in [0.4, 0.5) is 0 Å². The molecule has 138 valence electrons. The van der Waals surface area contributed by atoms with Gasteiger partial charge >= 0.3 is 0 Å². The quantitative estimate of drug-likeness (QED) is 0.248. The number of aliphatic imine (C=N–C) groups is 1. The molecule has 1 rings (SSSR count). The van der Waals surface area contributed by atoms with Gasteiger partial charge in [0, 0.05) is 33.4 Å². The van der Waals surface area contributed by atoms with Crippen LogP contribution in [0.25, 0.3) is 0 Å². The van der Waals surface area contributed by atoms with Crippen LogP contribution < -0.4 is 20.1 Å². The van der Waals surface area contributed by atoms with Gasteiger partial charge in [0.2, 0.25) is 0 Å². The van der Waals surface area contributed by atoms with Crippen LogP contribution in [-0.2, 0) is 11.3 Å². The van der Waals surface area contributed by atoms with E-state index in [9.17, 15) is 0 Å². The third kappa shape index (κ3) is 8.58. The Labute approximate surface area is 162 Å². The Kier molecular flexibility index (Phi) is 13.4. The monoisotopic (exact) mass is 451 g/mol. The maximum atomic E-state index is 5.32. The van der Waals surface area contributed by atoms with E-state index in [2.05, 4.69) is 15.6 Å². The van der Waals surface area contributed by atoms with Gasteiger partial charge in [-0.05, 0) is 37.5 Å². The molecule has 7 heteroatoms. The van der Waals surface area contributed by atoms with Crippen LogP contribution in [0.5, 0.6) is 11.5 Å². The van der Waals surface area contributed by atoms with Crippen LogP contribution in [0.3, 0.4) is 0 Å². The second-order valence-corrected chi connectivity index (χ2v) is 4.95. The lowest BCUT2D eigenvalue weighted by molar-refractivity contribution is 0.143. The third-order valence-corrected chi connectivity index (χ3v) is 3.34. The minimum Gasteiger partial charge on any atom is -0.493 e. The molecule has 0 radical (unpaired) electrons. The second-order valence-electron chi connectivity index (χ2n) is 4.95. The average molecular weight is 451 g/mol. The first-order chi connectivity index (χ1) is 11.2. The highest BCUT2D eigenvalue weighted by molar-refractivity contribution is 14.0. The number of nitrogens with one attached hydrogen (secondary N) is 2. The Bertz CT molecular complexity index is 484. The molecule has 0 bridgehead atoms. The summed E-state index contributed by atoms with van der Waals surface area (Å²) in [5.41, 5.74) is 1.10. The van der Waals surface area contributed by atoms with E-state index in [1.54, 1.807) is 21.3 Å². The SMILES string of the molecule is CCOCCCCNC(=NC)NCc1ccc(OC)c(OC)c1.I. The Balaban J connectivity index is 0.00000529. The van der Waals surface area contributed by atoms with Gasteiger partial charge in [-0.2, -0.15) is 0 Å². The van der Waals surface area contributed by atoms with Crippen LogP contribution in [0.1, 0.15) is 25.3 Å². The standard InChI is InChI=1S/C17H29N3O3.HI/c1-5-23-11-7-6-10-19-17(18-2)20-13-14-8-9-15(21-3)16(12-14)22-4;/h8-9,12H,5-7,10-11,13H2,1-4H3,(H2,18,19,20);1H. The lowest BCUT2D eigenvalue weighted by Crippen LogP contribution is -2.37. The molecule has 0 spiro atoms. The maximum absolute atomic E-state index is 5.32. The first-order valence-electron chi connectivity index (χ1n) is 7.98. The molecule has 1 aromatic rings. The topological polar surface area (TPSA) is 64.1 Å². The van der Waals surface area contributed by atoms with Gasteiger partial charge in [0.1, 0.15) is 0 Å². The second kappa shape index (κ2) is 14.2. The summed E-state index contributed by atoms with van der Waals surface area (Å²) in [6, 6.07) is 5.87. The molecule has 0 aliphatic heterocycles. The molecule has 0 aromatic heterocycles. The van der Waals surface area contributed by atoms with E-state index in [1.807, 2.05) is 25.1 Å². The van der Waals surface area contributed by atoms with Crippen molar-refractivity contribution in [3.63, 3.8) is 0 Å². The number of methoxy groups -OCH3 is 2. The van der Waals surface area contributed by atoms with Gasteiger partial charge in [0.25, 0.3) is 0 Å². The van der Waals surface area contributed by atoms with Gasteiger partial charge < -0.3 is 24.8 Å². The van der Waals surface area contributed by atoms with Gasteiger partial charge in [-0.15, -0.1) is 24.0 Å². The van der Waals surface area contributed by atoms with E-state index < -0.39 is 0 Å². The molecule has 2 N–H and O–H groups in total. The highest BCUT2D eigenvalue weighted by atomic mass is 127. The van der Waals surface area contributed by atoms with Crippen LogP contribution >= 0.6 is 24.0 Å². The number of nitrogens with zero attached hydrogens (tertiary/aromatic N) is 1. The number of benzene rings is 1. The van der Waals surface area contributed by atoms with Gasteiger partial charge in [-0.25, -0.2) is 0 Å². The van der Waals surface area contributed by atoms with Crippen molar-refractivity contribution in [3.05, 3.63) is 23.8 Å². The zero-order chi connectivity index (χ0) is 16.9. The predicted octanol–water partition coefficient (Wildman–Crippen LogP) is 2.80. The highest BCUT2D eigenvalue weighted by Crippen LogP contribution is 2.27. The molecule has 0 saturated carbocycles. The smallest absolute Gasteiger partial charge is 0.191 e. The summed E-state index contributed by atoms with van der Waals surface area (Å²) < 4.78 is 15.9. The van der Waals surface area contributed by atoms with Crippen LogP contribution in [0, 0.1) is 0 Å². The van der Waals surface area contributed by atoms with Crippen molar-refractivity contribution < 1.29 is 14.2 Å². The molecular weight excluding hydrogens is 421 g/mol. The van der Waals surface area contributed by atoms with Gasteiger partial charge in [0.05, 0.1) is 14.2 Å². The van der Waals surface area contributed by atoms with Crippen LogP contribution in [0.15, 0.2) is 23.2 Å². The minimum atomic E-state index is 0.